The summed E-state index contributed by atoms with van der Waals surface area (Å²) in [6.45, 7) is 0. The average molecular weight is 438 g/mol. The van der Waals surface area contributed by atoms with Crippen LogP contribution in [0.4, 0.5) is 5.82 Å². The molecule has 2 aromatic carbocycles. The first-order valence-corrected chi connectivity index (χ1v) is 11.1. The molecule has 1 fully saturated rings. The summed E-state index contributed by atoms with van der Waals surface area (Å²) < 4.78 is 7.64. The molecule has 1 amide bonds. The molecule has 3 heterocycles. The van der Waals surface area contributed by atoms with E-state index in [2.05, 4.69) is 15.3 Å². The molecule has 7 heteroatoms. The molecule has 4 aromatic rings. The van der Waals surface area contributed by atoms with Crippen LogP contribution in [0.3, 0.4) is 0 Å². The van der Waals surface area contributed by atoms with Crippen molar-refractivity contribution in [1.29, 1.82) is 0 Å². The molecule has 2 aromatic heterocycles. The number of para-hydroxylation sites is 1. The van der Waals surface area contributed by atoms with Crippen LogP contribution in [0.5, 0.6) is 0 Å². The lowest BCUT2D eigenvalue weighted by Crippen LogP contribution is -2.36. The van der Waals surface area contributed by atoms with Crippen molar-refractivity contribution in [3.8, 4) is 5.69 Å². The molecule has 1 aliphatic carbocycles. The van der Waals surface area contributed by atoms with E-state index in [0.717, 1.165) is 22.2 Å². The van der Waals surface area contributed by atoms with Crippen LogP contribution in [0.1, 0.15) is 41.6 Å². The standard InChI is InChI=1S/C26H22N4O3/c31-24(17-9-11-26(12-10-17)21-7-3-2-6-20(21)25(32)33-26)29-23-15-30(16-28-23)19-13-18-5-1-4-8-22(18)27-14-19/h1-8,13-17H,9-12H2,(H,29,31). The molecule has 1 aliphatic heterocycles. The highest BCUT2D eigenvalue weighted by atomic mass is 16.6. The molecule has 7 nitrogen and oxygen atoms in total. The number of ether oxygens (including phenoxy) is 1. The normalized spacial score (nSPS) is 21.7. The van der Waals surface area contributed by atoms with E-state index in [1.807, 2.05) is 59.2 Å². The maximum Gasteiger partial charge on any atom is 0.339 e. The van der Waals surface area contributed by atoms with Crippen LogP contribution < -0.4 is 5.32 Å². The first kappa shape index (κ1) is 19.7. The lowest BCUT2D eigenvalue weighted by atomic mass is 9.74. The number of carbonyl (C=O) groups excluding carboxylic acids is 2. The Kier molecular flexibility index (Phi) is 4.50. The molecular weight excluding hydrogens is 416 g/mol. The number of aromatic nitrogens is 3. The second-order valence-electron chi connectivity index (χ2n) is 8.75. The van der Waals surface area contributed by atoms with Crippen LogP contribution >= 0.6 is 0 Å². The fourth-order valence-electron chi connectivity index (χ4n) is 5.02. The molecule has 0 bridgehead atoms. The Hall–Kier alpha value is -4.00. The molecule has 33 heavy (non-hydrogen) atoms. The summed E-state index contributed by atoms with van der Waals surface area (Å²) >= 11 is 0. The highest BCUT2D eigenvalue weighted by Crippen LogP contribution is 2.48. The van der Waals surface area contributed by atoms with Gasteiger partial charge in [0.05, 0.1) is 29.2 Å². The minimum absolute atomic E-state index is 0.0515. The quantitative estimate of drug-likeness (QED) is 0.472. The zero-order valence-corrected chi connectivity index (χ0v) is 17.9. The van der Waals surface area contributed by atoms with Crippen LogP contribution in [0, 0.1) is 5.92 Å². The molecule has 0 radical (unpaired) electrons. The number of hydrogen-bond acceptors (Lipinski definition) is 5. The third-order valence-corrected chi connectivity index (χ3v) is 6.80. The maximum atomic E-state index is 12.9. The Balaban J connectivity index is 1.13. The van der Waals surface area contributed by atoms with Crippen molar-refractivity contribution >= 4 is 28.6 Å². The largest absolute Gasteiger partial charge is 0.451 e. The van der Waals surface area contributed by atoms with Gasteiger partial charge in [0.1, 0.15) is 11.9 Å². The Morgan fingerprint density at radius 2 is 1.85 bits per heavy atom. The summed E-state index contributed by atoms with van der Waals surface area (Å²) in [5, 5.41) is 3.99. The van der Waals surface area contributed by atoms with Gasteiger partial charge in [-0.1, -0.05) is 36.4 Å². The second kappa shape index (κ2) is 7.55. The van der Waals surface area contributed by atoms with E-state index >= 15 is 0 Å². The van der Waals surface area contributed by atoms with Crippen molar-refractivity contribution in [3.63, 3.8) is 0 Å². The summed E-state index contributed by atoms with van der Waals surface area (Å²) in [5.74, 6) is 0.0484. The topological polar surface area (TPSA) is 86.1 Å². The van der Waals surface area contributed by atoms with Gasteiger partial charge in [-0.2, -0.15) is 0 Å². The SMILES string of the molecule is O=C1OC2(CCC(C(=O)Nc3cn(-c4cnc5ccccc5c4)cn3)CC2)c2ccccc21. The molecule has 2 aliphatic rings. The number of pyridine rings is 1. The van der Waals surface area contributed by atoms with Crippen molar-refractivity contribution in [2.24, 2.45) is 5.92 Å². The number of nitrogens with zero attached hydrogens (tertiary/aromatic N) is 3. The van der Waals surface area contributed by atoms with Crippen molar-refractivity contribution in [1.82, 2.24) is 14.5 Å². The number of fused-ring (bicyclic) bond motifs is 3. The van der Waals surface area contributed by atoms with E-state index in [9.17, 15) is 9.59 Å². The van der Waals surface area contributed by atoms with Crippen molar-refractivity contribution in [2.45, 2.75) is 31.3 Å². The number of esters is 1. The van der Waals surface area contributed by atoms with E-state index in [1.165, 1.54) is 0 Å². The smallest absolute Gasteiger partial charge is 0.339 e. The Morgan fingerprint density at radius 1 is 1.06 bits per heavy atom. The van der Waals surface area contributed by atoms with Gasteiger partial charge in [0.15, 0.2) is 5.82 Å². The summed E-state index contributed by atoms with van der Waals surface area (Å²) in [6, 6.07) is 17.5. The van der Waals surface area contributed by atoms with Crippen LogP contribution in [0.25, 0.3) is 16.6 Å². The number of hydrogen-bond donors (Lipinski definition) is 1. The predicted molar refractivity (Wildman–Crippen MR) is 123 cm³/mol. The van der Waals surface area contributed by atoms with Crippen LogP contribution in [-0.2, 0) is 15.1 Å². The fourth-order valence-corrected chi connectivity index (χ4v) is 5.02. The van der Waals surface area contributed by atoms with E-state index in [1.54, 1.807) is 18.7 Å². The van der Waals surface area contributed by atoms with E-state index in [-0.39, 0.29) is 17.8 Å². The number of benzene rings is 2. The average Bonchev–Trinajstić information content (AvgIpc) is 3.42. The van der Waals surface area contributed by atoms with Crippen LogP contribution in [0.2, 0.25) is 0 Å². The van der Waals surface area contributed by atoms with Gasteiger partial charge in [-0.05, 0) is 43.9 Å². The number of carbonyl (C=O) groups is 2. The molecule has 6 rings (SSSR count). The van der Waals surface area contributed by atoms with Gasteiger partial charge < -0.3 is 14.6 Å². The molecule has 1 saturated carbocycles. The summed E-state index contributed by atoms with van der Waals surface area (Å²) in [4.78, 5) is 34.0. The predicted octanol–water partition coefficient (Wildman–Crippen LogP) is 4.62. The van der Waals surface area contributed by atoms with Gasteiger partial charge in [0.25, 0.3) is 0 Å². The highest BCUT2D eigenvalue weighted by Gasteiger charge is 2.48. The Labute approximate surface area is 190 Å². The third kappa shape index (κ3) is 3.36. The number of rotatable bonds is 3. The number of nitrogens with one attached hydrogen (secondary N) is 1. The van der Waals surface area contributed by atoms with E-state index in [0.29, 0.717) is 37.1 Å². The zero-order chi connectivity index (χ0) is 22.4. The van der Waals surface area contributed by atoms with Gasteiger partial charge in [0.2, 0.25) is 5.91 Å². The summed E-state index contributed by atoms with van der Waals surface area (Å²) in [6.07, 6.45) is 7.85. The van der Waals surface area contributed by atoms with Crippen molar-refractivity contribution < 1.29 is 14.3 Å². The Bertz CT molecular complexity index is 1390. The maximum absolute atomic E-state index is 12.9. The van der Waals surface area contributed by atoms with Gasteiger partial charge in [-0.15, -0.1) is 0 Å². The molecular formula is C26H22N4O3. The third-order valence-electron chi connectivity index (χ3n) is 6.80. The minimum Gasteiger partial charge on any atom is -0.451 e. The number of amides is 1. The molecule has 0 saturated heterocycles. The number of imidazole rings is 1. The van der Waals surface area contributed by atoms with Crippen LogP contribution in [0.15, 0.2) is 73.3 Å². The summed E-state index contributed by atoms with van der Waals surface area (Å²) in [7, 11) is 0. The van der Waals surface area contributed by atoms with E-state index < -0.39 is 5.60 Å². The van der Waals surface area contributed by atoms with Crippen molar-refractivity contribution in [3.05, 3.63) is 84.4 Å². The first-order valence-electron chi connectivity index (χ1n) is 11.1. The molecule has 0 unspecified atom stereocenters. The summed E-state index contributed by atoms with van der Waals surface area (Å²) in [5.41, 5.74) is 2.82. The fraction of sp³-hybridized carbons (Fsp3) is 0.231. The molecule has 1 spiro atoms. The molecule has 1 N–H and O–H groups in total. The van der Waals surface area contributed by atoms with E-state index in [4.69, 9.17) is 4.74 Å². The van der Waals surface area contributed by atoms with Gasteiger partial charge in [-0.3, -0.25) is 9.78 Å². The first-order chi connectivity index (χ1) is 16.1. The Morgan fingerprint density at radius 3 is 2.73 bits per heavy atom. The van der Waals surface area contributed by atoms with Crippen LogP contribution in [-0.4, -0.2) is 26.4 Å². The lowest BCUT2D eigenvalue weighted by Gasteiger charge is -2.35. The molecule has 0 atom stereocenters. The van der Waals surface area contributed by atoms with Gasteiger partial charge in [-0.25, -0.2) is 9.78 Å². The monoisotopic (exact) mass is 438 g/mol. The minimum atomic E-state index is -0.588. The highest BCUT2D eigenvalue weighted by molar-refractivity contribution is 5.95. The number of anilines is 1. The van der Waals surface area contributed by atoms with Crippen molar-refractivity contribution in [2.75, 3.05) is 5.32 Å². The zero-order valence-electron chi connectivity index (χ0n) is 17.9. The second-order valence-corrected chi connectivity index (χ2v) is 8.75. The lowest BCUT2D eigenvalue weighted by molar-refractivity contribution is -0.122. The van der Waals surface area contributed by atoms with Gasteiger partial charge >= 0.3 is 5.97 Å². The van der Waals surface area contributed by atoms with Gasteiger partial charge in [0, 0.05) is 16.9 Å². The molecule has 164 valence electrons.